The molecule has 0 aliphatic carbocycles. The highest BCUT2D eigenvalue weighted by molar-refractivity contribution is 5.79. The monoisotopic (exact) mass is 231 g/mol. The van der Waals surface area contributed by atoms with E-state index in [0.717, 1.165) is 0 Å². The Morgan fingerprint density at radius 3 is 2.94 bits per heavy atom. The number of aliphatic carboxylic acids is 1. The van der Waals surface area contributed by atoms with Gasteiger partial charge in [-0.3, -0.25) is 9.63 Å². The van der Waals surface area contributed by atoms with Gasteiger partial charge in [-0.2, -0.15) is 0 Å². The van der Waals surface area contributed by atoms with Gasteiger partial charge < -0.3 is 15.3 Å². The van der Waals surface area contributed by atoms with E-state index in [1.54, 1.807) is 0 Å². The zero-order valence-electron chi connectivity index (χ0n) is 8.56. The number of hydrogen-bond donors (Lipinski definition) is 3. The number of amides is 3. The Morgan fingerprint density at radius 2 is 2.25 bits per heavy atom. The Balaban J connectivity index is 2.29. The molecule has 0 spiro atoms. The van der Waals surface area contributed by atoms with Crippen molar-refractivity contribution in [2.75, 3.05) is 26.2 Å². The van der Waals surface area contributed by atoms with E-state index >= 15 is 0 Å². The summed E-state index contributed by atoms with van der Waals surface area (Å²) in [5, 5.41) is 10.9. The molecule has 0 radical (unpaired) electrons. The second kappa shape index (κ2) is 5.91. The summed E-state index contributed by atoms with van der Waals surface area (Å²) in [6.07, 6.45) is 0.229. The average Bonchev–Trinajstić information content (AvgIpc) is 2.42. The van der Waals surface area contributed by atoms with Gasteiger partial charge in [0.15, 0.2) is 6.61 Å². The van der Waals surface area contributed by atoms with Crippen LogP contribution in [0.5, 0.6) is 0 Å². The van der Waals surface area contributed by atoms with Crippen LogP contribution in [0.4, 0.5) is 4.79 Å². The van der Waals surface area contributed by atoms with Crippen molar-refractivity contribution in [3.8, 4) is 0 Å². The van der Waals surface area contributed by atoms with E-state index in [2.05, 4.69) is 10.2 Å². The minimum atomic E-state index is -1.17. The molecule has 0 aromatic heterocycles. The molecule has 0 unspecified atom stereocenters. The van der Waals surface area contributed by atoms with Gasteiger partial charge in [0, 0.05) is 26.1 Å². The maximum atomic E-state index is 11.4. The summed E-state index contributed by atoms with van der Waals surface area (Å²) in [5.41, 5.74) is 1.99. The molecule has 8 nitrogen and oxygen atoms in total. The Kier molecular flexibility index (Phi) is 4.52. The van der Waals surface area contributed by atoms with Crippen LogP contribution in [0.1, 0.15) is 6.42 Å². The van der Waals surface area contributed by atoms with Crippen LogP contribution in [0.3, 0.4) is 0 Å². The standard InChI is InChI=1S/C8H13N3O5/c12-6-1-3-11(4-2-9-6)8(15)10-16-5-7(13)14/h1-5H2,(H,9,12)(H,10,15)(H,13,14). The number of carboxylic acid groups (broad SMARTS) is 1. The summed E-state index contributed by atoms with van der Waals surface area (Å²) in [4.78, 5) is 38.3. The first-order chi connectivity index (χ1) is 7.59. The van der Waals surface area contributed by atoms with Crippen LogP contribution in [0.15, 0.2) is 0 Å². The van der Waals surface area contributed by atoms with Gasteiger partial charge in [-0.25, -0.2) is 15.1 Å². The van der Waals surface area contributed by atoms with Crippen LogP contribution in [0, 0.1) is 0 Å². The Hall–Kier alpha value is -1.83. The van der Waals surface area contributed by atoms with Gasteiger partial charge in [0.05, 0.1) is 0 Å². The van der Waals surface area contributed by atoms with Crippen LogP contribution < -0.4 is 10.8 Å². The third-order valence-corrected chi connectivity index (χ3v) is 1.96. The molecule has 1 fully saturated rings. The molecule has 0 atom stereocenters. The third-order valence-electron chi connectivity index (χ3n) is 1.96. The SMILES string of the molecule is O=C(O)CONC(=O)N1CCNC(=O)CC1. The van der Waals surface area contributed by atoms with Crippen molar-refractivity contribution in [1.29, 1.82) is 0 Å². The van der Waals surface area contributed by atoms with E-state index in [1.807, 2.05) is 5.48 Å². The Morgan fingerprint density at radius 1 is 1.50 bits per heavy atom. The van der Waals surface area contributed by atoms with Crippen LogP contribution >= 0.6 is 0 Å². The zero-order valence-corrected chi connectivity index (χ0v) is 8.56. The van der Waals surface area contributed by atoms with E-state index < -0.39 is 18.6 Å². The van der Waals surface area contributed by atoms with Crippen molar-refractivity contribution in [1.82, 2.24) is 15.7 Å². The van der Waals surface area contributed by atoms with E-state index in [9.17, 15) is 14.4 Å². The number of nitrogens with zero attached hydrogens (tertiary/aromatic N) is 1. The normalized spacial score (nSPS) is 16.2. The summed E-state index contributed by atoms with van der Waals surface area (Å²) in [5.74, 6) is -1.28. The number of hydroxylamine groups is 1. The maximum Gasteiger partial charge on any atom is 0.341 e. The summed E-state index contributed by atoms with van der Waals surface area (Å²) in [7, 11) is 0. The van der Waals surface area contributed by atoms with Crippen molar-refractivity contribution in [3.63, 3.8) is 0 Å². The second-order valence-electron chi connectivity index (χ2n) is 3.18. The average molecular weight is 231 g/mol. The number of carbonyl (C=O) groups excluding carboxylic acids is 2. The van der Waals surface area contributed by atoms with Gasteiger partial charge in [-0.15, -0.1) is 0 Å². The first-order valence-electron chi connectivity index (χ1n) is 4.75. The molecule has 90 valence electrons. The lowest BCUT2D eigenvalue weighted by Crippen LogP contribution is -2.42. The maximum absolute atomic E-state index is 11.4. The summed E-state index contributed by atoms with van der Waals surface area (Å²) < 4.78 is 0. The summed E-state index contributed by atoms with van der Waals surface area (Å²) in [6, 6.07) is -0.544. The lowest BCUT2D eigenvalue weighted by Gasteiger charge is -2.19. The van der Waals surface area contributed by atoms with Gasteiger partial charge in [0.1, 0.15) is 0 Å². The molecular formula is C8H13N3O5. The predicted molar refractivity (Wildman–Crippen MR) is 51.3 cm³/mol. The molecule has 1 aliphatic heterocycles. The Labute approximate surface area is 91.5 Å². The van der Waals surface area contributed by atoms with Crippen molar-refractivity contribution < 1.29 is 24.3 Å². The first kappa shape index (κ1) is 12.2. The minimum Gasteiger partial charge on any atom is -0.479 e. The fraction of sp³-hybridized carbons (Fsp3) is 0.625. The minimum absolute atomic E-state index is 0.109. The number of carboxylic acids is 1. The molecule has 1 rings (SSSR count). The first-order valence-corrected chi connectivity index (χ1v) is 4.75. The number of nitrogens with one attached hydrogen (secondary N) is 2. The molecular weight excluding hydrogens is 218 g/mol. The van der Waals surface area contributed by atoms with E-state index in [0.29, 0.717) is 13.1 Å². The summed E-state index contributed by atoms with van der Waals surface area (Å²) in [6.45, 7) is 0.435. The van der Waals surface area contributed by atoms with E-state index in [-0.39, 0.29) is 18.9 Å². The lowest BCUT2D eigenvalue weighted by molar-refractivity contribution is -0.144. The molecule has 0 bridgehead atoms. The van der Waals surface area contributed by atoms with Crippen molar-refractivity contribution in [2.45, 2.75) is 6.42 Å². The molecule has 0 aromatic carbocycles. The van der Waals surface area contributed by atoms with Gasteiger partial charge in [0.2, 0.25) is 5.91 Å². The predicted octanol–water partition coefficient (Wildman–Crippen LogP) is -1.47. The number of urea groups is 1. The smallest absolute Gasteiger partial charge is 0.341 e. The highest BCUT2D eigenvalue weighted by atomic mass is 16.7. The van der Waals surface area contributed by atoms with Gasteiger partial charge in [-0.1, -0.05) is 0 Å². The zero-order chi connectivity index (χ0) is 12.0. The molecule has 1 saturated heterocycles. The molecule has 8 heteroatoms. The quantitative estimate of drug-likeness (QED) is 0.514. The lowest BCUT2D eigenvalue weighted by atomic mass is 10.4. The van der Waals surface area contributed by atoms with Crippen molar-refractivity contribution in [2.24, 2.45) is 0 Å². The third kappa shape index (κ3) is 4.13. The van der Waals surface area contributed by atoms with Crippen LogP contribution in [0.25, 0.3) is 0 Å². The van der Waals surface area contributed by atoms with Gasteiger partial charge >= 0.3 is 12.0 Å². The highest BCUT2D eigenvalue weighted by Gasteiger charge is 2.18. The van der Waals surface area contributed by atoms with Crippen molar-refractivity contribution >= 4 is 17.9 Å². The topological polar surface area (TPSA) is 108 Å². The van der Waals surface area contributed by atoms with Crippen LogP contribution in [-0.2, 0) is 14.4 Å². The van der Waals surface area contributed by atoms with Gasteiger partial charge in [0.25, 0.3) is 0 Å². The molecule has 1 heterocycles. The Bertz CT molecular complexity index is 293. The molecule has 16 heavy (non-hydrogen) atoms. The van der Waals surface area contributed by atoms with Gasteiger partial charge in [-0.05, 0) is 0 Å². The van der Waals surface area contributed by atoms with Crippen LogP contribution in [0.2, 0.25) is 0 Å². The molecule has 1 aliphatic rings. The van der Waals surface area contributed by atoms with E-state index in [4.69, 9.17) is 5.11 Å². The van der Waals surface area contributed by atoms with E-state index in [1.165, 1.54) is 4.90 Å². The largest absolute Gasteiger partial charge is 0.479 e. The number of carbonyl (C=O) groups is 3. The molecule has 3 amide bonds. The fourth-order valence-corrected chi connectivity index (χ4v) is 1.19. The number of rotatable bonds is 3. The fourth-order valence-electron chi connectivity index (χ4n) is 1.19. The van der Waals surface area contributed by atoms with Crippen LogP contribution in [-0.4, -0.2) is 54.2 Å². The summed E-state index contributed by atoms with van der Waals surface area (Å²) >= 11 is 0. The molecule has 0 aromatic rings. The number of hydrogen-bond acceptors (Lipinski definition) is 4. The molecule has 0 saturated carbocycles. The second-order valence-corrected chi connectivity index (χ2v) is 3.18. The molecule has 3 N–H and O–H groups in total. The highest BCUT2D eigenvalue weighted by Crippen LogP contribution is 1.96. The van der Waals surface area contributed by atoms with Crippen molar-refractivity contribution in [3.05, 3.63) is 0 Å².